The topological polar surface area (TPSA) is 114 Å². The molecule has 1 fully saturated rings. The maximum absolute atomic E-state index is 11.8. The Balaban J connectivity index is 1.80. The molecule has 0 aromatic carbocycles. The number of aryl methyl sites for hydroxylation is 1. The average Bonchev–Trinajstić information content (AvgIpc) is 2.89. The maximum atomic E-state index is 11.8. The van der Waals surface area contributed by atoms with Crippen LogP contribution in [0.2, 0.25) is 0 Å². The smallest absolute Gasteiger partial charge is 0.287 e. The van der Waals surface area contributed by atoms with Crippen LogP contribution in [-0.2, 0) is 7.05 Å². The Morgan fingerprint density at radius 3 is 2.74 bits per heavy atom. The minimum atomic E-state index is -0.521. The summed E-state index contributed by atoms with van der Waals surface area (Å²) in [6.45, 7) is 1.06. The predicted molar refractivity (Wildman–Crippen MR) is 67.1 cm³/mol. The van der Waals surface area contributed by atoms with E-state index in [0.29, 0.717) is 13.1 Å². The first kappa shape index (κ1) is 13.5. The van der Waals surface area contributed by atoms with Crippen molar-refractivity contribution in [2.24, 2.45) is 7.05 Å². The number of nitro groups is 1. The first-order valence-corrected chi connectivity index (χ1v) is 5.80. The Kier molecular flexibility index (Phi) is 3.79. The molecule has 0 saturated carbocycles. The minimum Gasteiger partial charge on any atom is -0.349 e. The molecule has 1 saturated heterocycles. The van der Waals surface area contributed by atoms with Crippen LogP contribution in [0.25, 0.3) is 0 Å². The normalized spacial score (nSPS) is 21.2. The fourth-order valence-corrected chi connectivity index (χ4v) is 1.69. The third kappa shape index (κ3) is 3.28. The van der Waals surface area contributed by atoms with Crippen LogP contribution in [0.4, 0.5) is 5.69 Å². The molecule has 2 atom stereocenters. The lowest BCUT2D eigenvalue weighted by Crippen LogP contribution is -2.34. The lowest BCUT2D eigenvalue weighted by molar-refractivity contribution is -0.384. The molecule has 1 aliphatic heterocycles. The van der Waals surface area contributed by atoms with Crippen molar-refractivity contribution in [1.29, 1.82) is 0 Å². The van der Waals surface area contributed by atoms with Crippen LogP contribution in [0.1, 0.15) is 10.5 Å². The summed E-state index contributed by atoms with van der Waals surface area (Å²) in [5.74, 6) is -0.325. The van der Waals surface area contributed by atoms with Gasteiger partial charge in [-0.05, 0) is 0 Å². The molecule has 2 rings (SSSR count). The number of nitrogens with zero attached hydrogens (tertiary/aromatic N) is 3. The molecule has 9 nitrogen and oxygen atoms in total. The van der Waals surface area contributed by atoms with Crippen LogP contribution in [-0.4, -0.2) is 46.8 Å². The highest BCUT2D eigenvalue weighted by Crippen LogP contribution is 2.14. The summed E-state index contributed by atoms with van der Waals surface area (Å²) in [6, 6.07) is 1.26. The zero-order chi connectivity index (χ0) is 14.0. The third-order valence-corrected chi connectivity index (χ3v) is 2.83. The van der Waals surface area contributed by atoms with E-state index in [1.54, 1.807) is 7.05 Å². The standard InChI is InChI=1S/C10H16N6O3/c1-14-6-7(16(18)19)5-8(14)9(17)11-3-4-12-10-13-15(10)2/h5-6,10,12-13H,3-4H2,1-2H3,(H,11,17). The van der Waals surface area contributed by atoms with E-state index in [1.807, 2.05) is 12.1 Å². The number of amides is 1. The van der Waals surface area contributed by atoms with Gasteiger partial charge in [0.25, 0.3) is 11.6 Å². The molecule has 0 bridgehead atoms. The first-order valence-electron chi connectivity index (χ1n) is 5.80. The fourth-order valence-electron chi connectivity index (χ4n) is 1.69. The zero-order valence-electron chi connectivity index (χ0n) is 10.7. The first-order chi connectivity index (χ1) is 8.99. The molecule has 3 N–H and O–H groups in total. The number of carbonyl (C=O) groups is 1. The van der Waals surface area contributed by atoms with Crippen LogP contribution in [0.5, 0.6) is 0 Å². The Morgan fingerprint density at radius 1 is 1.53 bits per heavy atom. The average molecular weight is 268 g/mol. The second kappa shape index (κ2) is 5.34. The number of rotatable bonds is 6. The van der Waals surface area contributed by atoms with Gasteiger partial charge in [0.1, 0.15) is 12.0 Å². The number of hydrogen-bond donors (Lipinski definition) is 3. The fraction of sp³-hybridized carbons (Fsp3) is 0.500. The summed E-state index contributed by atoms with van der Waals surface area (Å²) in [5.41, 5.74) is 3.19. The van der Waals surface area contributed by atoms with Gasteiger partial charge < -0.3 is 9.88 Å². The highest BCUT2D eigenvalue weighted by molar-refractivity contribution is 5.93. The Morgan fingerprint density at radius 2 is 2.21 bits per heavy atom. The maximum Gasteiger partial charge on any atom is 0.287 e. The highest BCUT2D eigenvalue weighted by atomic mass is 16.6. The van der Waals surface area contributed by atoms with Gasteiger partial charge in [-0.2, -0.15) is 0 Å². The van der Waals surface area contributed by atoms with Crippen molar-refractivity contribution in [3.63, 3.8) is 0 Å². The molecule has 1 aromatic heterocycles. The Labute approximate surface area is 109 Å². The van der Waals surface area contributed by atoms with Gasteiger partial charge in [-0.25, -0.2) is 10.4 Å². The van der Waals surface area contributed by atoms with Crippen molar-refractivity contribution in [2.75, 3.05) is 20.1 Å². The summed E-state index contributed by atoms with van der Waals surface area (Å²) >= 11 is 0. The van der Waals surface area contributed by atoms with E-state index in [4.69, 9.17) is 0 Å². The van der Waals surface area contributed by atoms with Gasteiger partial charge in [0.05, 0.1) is 11.1 Å². The predicted octanol–water partition coefficient (Wildman–Crippen LogP) is -1.01. The molecule has 0 radical (unpaired) electrons. The number of hydrazine groups is 1. The van der Waals surface area contributed by atoms with E-state index in [1.165, 1.54) is 16.8 Å². The van der Waals surface area contributed by atoms with Crippen molar-refractivity contribution in [3.05, 3.63) is 28.1 Å². The molecule has 9 heteroatoms. The minimum absolute atomic E-state index is 0.0884. The quantitative estimate of drug-likeness (QED) is 0.263. The van der Waals surface area contributed by atoms with Gasteiger partial charge in [-0.15, -0.1) is 0 Å². The van der Waals surface area contributed by atoms with Gasteiger partial charge in [0.15, 0.2) is 0 Å². The summed E-state index contributed by atoms with van der Waals surface area (Å²) < 4.78 is 1.44. The van der Waals surface area contributed by atoms with Crippen molar-refractivity contribution < 1.29 is 9.72 Å². The van der Waals surface area contributed by atoms with E-state index in [0.717, 1.165) is 0 Å². The Bertz CT molecular complexity index is 499. The zero-order valence-corrected chi connectivity index (χ0v) is 10.7. The lowest BCUT2D eigenvalue weighted by Gasteiger charge is -2.05. The highest BCUT2D eigenvalue weighted by Gasteiger charge is 2.27. The van der Waals surface area contributed by atoms with Crippen LogP contribution in [0, 0.1) is 10.1 Å². The summed E-state index contributed by atoms with van der Waals surface area (Å²) in [7, 11) is 3.50. The van der Waals surface area contributed by atoms with Crippen LogP contribution in [0.3, 0.4) is 0 Å². The number of aromatic nitrogens is 1. The molecule has 1 aromatic rings. The van der Waals surface area contributed by atoms with E-state index in [2.05, 4.69) is 16.1 Å². The van der Waals surface area contributed by atoms with E-state index >= 15 is 0 Å². The van der Waals surface area contributed by atoms with E-state index < -0.39 is 4.92 Å². The second-order valence-corrected chi connectivity index (χ2v) is 4.30. The molecular weight excluding hydrogens is 252 g/mol. The summed E-state index contributed by atoms with van der Waals surface area (Å²) in [6.07, 6.45) is 1.48. The summed E-state index contributed by atoms with van der Waals surface area (Å²) in [4.78, 5) is 21.9. The molecule has 2 heterocycles. The molecular formula is C10H16N6O3. The van der Waals surface area contributed by atoms with Crippen molar-refractivity contribution in [2.45, 2.75) is 6.29 Å². The van der Waals surface area contributed by atoms with Crippen molar-refractivity contribution in [3.8, 4) is 0 Å². The van der Waals surface area contributed by atoms with E-state index in [-0.39, 0.29) is 23.6 Å². The van der Waals surface area contributed by atoms with E-state index in [9.17, 15) is 14.9 Å². The van der Waals surface area contributed by atoms with Crippen LogP contribution < -0.4 is 16.1 Å². The molecule has 0 spiro atoms. The van der Waals surface area contributed by atoms with Gasteiger partial charge in [0, 0.05) is 33.3 Å². The SMILES string of the molecule is CN1NC1NCCNC(=O)c1cc([N+](=O)[O-])cn1C. The van der Waals surface area contributed by atoms with Crippen LogP contribution >= 0.6 is 0 Å². The van der Waals surface area contributed by atoms with Crippen molar-refractivity contribution in [1.82, 2.24) is 25.6 Å². The van der Waals surface area contributed by atoms with Gasteiger partial charge in [-0.1, -0.05) is 0 Å². The Hall–Kier alpha value is -1.97. The third-order valence-electron chi connectivity index (χ3n) is 2.83. The van der Waals surface area contributed by atoms with Gasteiger partial charge in [-0.3, -0.25) is 20.2 Å². The lowest BCUT2D eigenvalue weighted by atomic mass is 10.4. The monoisotopic (exact) mass is 268 g/mol. The summed E-state index contributed by atoms with van der Waals surface area (Å²) in [5, 5.41) is 18.3. The number of hydrogen-bond acceptors (Lipinski definition) is 6. The number of nitrogens with one attached hydrogen (secondary N) is 3. The number of carbonyl (C=O) groups excluding carboxylic acids is 1. The molecule has 0 aliphatic carbocycles. The van der Waals surface area contributed by atoms with Gasteiger partial charge in [0.2, 0.25) is 0 Å². The van der Waals surface area contributed by atoms with Gasteiger partial charge >= 0.3 is 0 Å². The molecule has 1 aliphatic rings. The van der Waals surface area contributed by atoms with Crippen molar-refractivity contribution >= 4 is 11.6 Å². The molecule has 1 amide bonds. The molecule has 19 heavy (non-hydrogen) atoms. The van der Waals surface area contributed by atoms with Crippen LogP contribution in [0.15, 0.2) is 12.3 Å². The molecule has 104 valence electrons. The molecule has 2 unspecified atom stereocenters. The second-order valence-electron chi connectivity index (χ2n) is 4.30. The largest absolute Gasteiger partial charge is 0.349 e.